The molecule has 12 heteroatoms. The van der Waals surface area contributed by atoms with E-state index >= 15 is 0 Å². The normalized spacial score (nSPS) is 13.8. The molecule has 0 heterocycles. The maximum absolute atomic E-state index is 12.8. The molecule has 11 nitrogen and oxygen atoms in total. The van der Waals surface area contributed by atoms with Crippen molar-refractivity contribution >= 4 is 25.7 Å². The quantitative estimate of drug-likeness (QED) is 0.0197. The van der Waals surface area contributed by atoms with E-state index in [0.717, 1.165) is 109 Å². The molecule has 64 heavy (non-hydrogen) atoms. The number of hydrogen-bond acceptors (Lipinski definition) is 10. The zero-order chi connectivity index (χ0) is 47.0. The first-order chi connectivity index (χ1) is 31.2. The first kappa shape index (κ1) is 61.7. The van der Waals surface area contributed by atoms with Gasteiger partial charge in [-0.15, -0.1) is 0 Å². The van der Waals surface area contributed by atoms with Gasteiger partial charge in [-0.3, -0.25) is 23.4 Å². The van der Waals surface area contributed by atoms with Crippen molar-refractivity contribution in [3.05, 3.63) is 36.5 Å². The molecule has 3 unspecified atom stereocenters. The highest BCUT2D eigenvalue weighted by Gasteiger charge is 2.28. The summed E-state index contributed by atoms with van der Waals surface area (Å²) in [6.45, 7) is 4.51. The Hall–Kier alpha value is -2.30. The molecule has 0 saturated carbocycles. The van der Waals surface area contributed by atoms with Crippen LogP contribution in [0.5, 0.6) is 0 Å². The van der Waals surface area contributed by atoms with Crippen molar-refractivity contribution in [2.45, 2.75) is 251 Å². The molecule has 0 aliphatic heterocycles. The van der Waals surface area contributed by atoms with Gasteiger partial charge >= 0.3 is 25.7 Å². The Balaban J connectivity index is 4.72. The lowest BCUT2D eigenvalue weighted by atomic mass is 10.0. The number of aliphatic hydroxyl groups is 1. The van der Waals surface area contributed by atoms with Crippen LogP contribution in [0, 0.1) is 0 Å². The molecule has 2 N–H and O–H groups in total. The predicted molar refractivity (Wildman–Crippen MR) is 261 cm³/mol. The second-order valence-electron chi connectivity index (χ2n) is 17.3. The molecular formula is C52H95O11P. The van der Waals surface area contributed by atoms with Crippen molar-refractivity contribution < 1.29 is 52.2 Å². The van der Waals surface area contributed by atoms with Crippen molar-refractivity contribution in [3.8, 4) is 0 Å². The van der Waals surface area contributed by atoms with Crippen LogP contribution < -0.4 is 0 Å². The highest BCUT2D eigenvalue weighted by molar-refractivity contribution is 7.47. The van der Waals surface area contributed by atoms with Gasteiger partial charge in [0.05, 0.1) is 19.8 Å². The number of phosphoric ester groups is 1. The second kappa shape index (κ2) is 47.2. The van der Waals surface area contributed by atoms with E-state index < -0.39 is 57.8 Å². The van der Waals surface area contributed by atoms with E-state index in [4.69, 9.17) is 23.3 Å². The zero-order valence-corrected chi connectivity index (χ0v) is 41.9. The molecule has 0 aromatic rings. The number of hydrogen-bond donors (Lipinski definition) is 2. The third-order valence-electron chi connectivity index (χ3n) is 11.0. The van der Waals surface area contributed by atoms with E-state index in [1.165, 1.54) is 70.6 Å². The van der Waals surface area contributed by atoms with Crippen LogP contribution in [0.2, 0.25) is 0 Å². The zero-order valence-electron chi connectivity index (χ0n) is 41.0. The van der Waals surface area contributed by atoms with Gasteiger partial charge < -0.3 is 24.2 Å². The summed E-state index contributed by atoms with van der Waals surface area (Å²) in [5.74, 6) is -1.48. The maximum atomic E-state index is 12.8. The molecule has 0 aromatic carbocycles. The Kier molecular flexibility index (Phi) is 45.5. The number of allylic oxidation sites excluding steroid dienone is 6. The smallest absolute Gasteiger partial charge is 0.462 e. The van der Waals surface area contributed by atoms with Gasteiger partial charge in [0.15, 0.2) is 6.10 Å². The Morgan fingerprint density at radius 1 is 0.438 bits per heavy atom. The summed E-state index contributed by atoms with van der Waals surface area (Å²) in [5.41, 5.74) is 0. The summed E-state index contributed by atoms with van der Waals surface area (Å²) in [7, 11) is -4.74. The lowest BCUT2D eigenvalue weighted by Gasteiger charge is -2.21. The summed E-state index contributed by atoms with van der Waals surface area (Å²) in [6.07, 6.45) is 45.4. The maximum Gasteiger partial charge on any atom is 0.472 e. The molecule has 0 aromatic heterocycles. The van der Waals surface area contributed by atoms with Crippen molar-refractivity contribution in [2.75, 3.05) is 26.4 Å². The van der Waals surface area contributed by atoms with Crippen LogP contribution in [-0.4, -0.2) is 66.5 Å². The van der Waals surface area contributed by atoms with E-state index in [9.17, 15) is 28.9 Å². The average molecular weight is 927 g/mol. The van der Waals surface area contributed by atoms with Gasteiger partial charge in [0.2, 0.25) is 0 Å². The summed E-state index contributed by atoms with van der Waals surface area (Å²) >= 11 is 0. The Labute approximate surface area is 390 Å². The number of carbonyl (C=O) groups excluding carboxylic acids is 3. The van der Waals surface area contributed by atoms with E-state index in [0.29, 0.717) is 19.3 Å². The molecule has 0 rings (SSSR count). The number of esters is 3. The molecular weight excluding hydrogens is 832 g/mol. The van der Waals surface area contributed by atoms with Crippen molar-refractivity contribution in [2.24, 2.45) is 0 Å². The molecule has 0 radical (unpaired) electrons. The van der Waals surface area contributed by atoms with Gasteiger partial charge in [0, 0.05) is 19.3 Å². The molecule has 374 valence electrons. The van der Waals surface area contributed by atoms with Gasteiger partial charge in [-0.1, -0.05) is 192 Å². The second-order valence-corrected chi connectivity index (χ2v) is 18.8. The average Bonchev–Trinajstić information content (AvgIpc) is 3.28. The van der Waals surface area contributed by atoms with Gasteiger partial charge in [0.1, 0.15) is 12.7 Å². The Bertz CT molecular complexity index is 1220. The number of phosphoric acid groups is 1. The molecule has 0 aliphatic rings. The van der Waals surface area contributed by atoms with Gasteiger partial charge in [-0.05, 0) is 64.2 Å². The lowest BCUT2D eigenvalue weighted by Crippen LogP contribution is -2.30. The SMILES string of the molecule is CCC/C=C\C/C=C\CCCCCCCC(=O)OC(COC(=O)CCCCCCC/C=C\CCCC)COP(=O)(O)OCC(CO)OC(=O)CCCCCCCCCCCCCCC. The summed E-state index contributed by atoms with van der Waals surface area (Å²) in [5, 5.41) is 9.76. The predicted octanol–water partition coefficient (Wildman–Crippen LogP) is 14.5. The van der Waals surface area contributed by atoms with E-state index in [1.807, 2.05) is 0 Å². The van der Waals surface area contributed by atoms with Crippen LogP contribution in [0.1, 0.15) is 239 Å². The summed E-state index contributed by atoms with van der Waals surface area (Å²) in [4.78, 5) is 48.2. The fourth-order valence-electron chi connectivity index (χ4n) is 7.02. The minimum absolute atomic E-state index is 0.152. The highest BCUT2D eigenvalue weighted by Crippen LogP contribution is 2.43. The van der Waals surface area contributed by atoms with Gasteiger partial charge in [0.25, 0.3) is 0 Å². The number of ether oxygens (including phenoxy) is 3. The first-order valence-electron chi connectivity index (χ1n) is 25.9. The van der Waals surface area contributed by atoms with Gasteiger partial charge in [-0.2, -0.15) is 0 Å². The molecule has 0 aliphatic carbocycles. The third-order valence-corrected chi connectivity index (χ3v) is 12.0. The van der Waals surface area contributed by atoms with E-state index in [2.05, 4.69) is 57.2 Å². The Morgan fingerprint density at radius 3 is 1.28 bits per heavy atom. The number of unbranched alkanes of at least 4 members (excludes halogenated alkanes) is 25. The Morgan fingerprint density at radius 2 is 0.812 bits per heavy atom. The summed E-state index contributed by atoms with van der Waals surface area (Å²) < 4.78 is 39.3. The molecule has 0 bridgehead atoms. The van der Waals surface area contributed by atoms with Crippen molar-refractivity contribution in [1.82, 2.24) is 0 Å². The van der Waals surface area contributed by atoms with Crippen molar-refractivity contribution in [3.63, 3.8) is 0 Å². The van der Waals surface area contributed by atoms with Crippen LogP contribution in [0.15, 0.2) is 36.5 Å². The number of carbonyl (C=O) groups is 3. The van der Waals surface area contributed by atoms with Crippen LogP contribution in [0.4, 0.5) is 0 Å². The minimum Gasteiger partial charge on any atom is -0.462 e. The highest BCUT2D eigenvalue weighted by atomic mass is 31.2. The fraction of sp³-hybridized carbons (Fsp3) is 0.827. The van der Waals surface area contributed by atoms with Crippen LogP contribution in [0.3, 0.4) is 0 Å². The molecule has 3 atom stereocenters. The van der Waals surface area contributed by atoms with Crippen LogP contribution in [0.25, 0.3) is 0 Å². The molecule has 0 saturated heterocycles. The first-order valence-corrected chi connectivity index (χ1v) is 27.4. The van der Waals surface area contributed by atoms with E-state index in [-0.39, 0.29) is 25.9 Å². The lowest BCUT2D eigenvalue weighted by molar-refractivity contribution is -0.161. The fourth-order valence-corrected chi connectivity index (χ4v) is 7.81. The molecule has 0 spiro atoms. The van der Waals surface area contributed by atoms with Crippen LogP contribution in [-0.2, 0) is 42.2 Å². The van der Waals surface area contributed by atoms with E-state index in [1.54, 1.807) is 0 Å². The van der Waals surface area contributed by atoms with Gasteiger partial charge in [-0.25, -0.2) is 4.57 Å². The minimum atomic E-state index is -4.74. The monoisotopic (exact) mass is 927 g/mol. The van der Waals surface area contributed by atoms with Crippen molar-refractivity contribution in [1.29, 1.82) is 0 Å². The number of rotatable bonds is 48. The topological polar surface area (TPSA) is 155 Å². The number of aliphatic hydroxyl groups excluding tert-OH is 1. The third kappa shape index (κ3) is 44.9. The standard InChI is InChI=1S/C52H95O11P/c1-4-7-10-13-16-19-22-24-27-30-33-36-39-42-51(55)62-48(44-53)46-60-64(57,58)61-47-49(45-59-50(54)41-38-35-32-29-26-21-18-15-12-9-6-3)63-52(56)43-40-37-34-31-28-25-23-20-17-14-11-8-5-2/h11,14-15,18,20,23,48-49,53H,4-10,12-13,16-17,19,21-22,24-47H2,1-3H3,(H,57,58)/b14-11-,18-15-,23-20-. The molecule has 0 amide bonds. The largest absolute Gasteiger partial charge is 0.472 e. The molecule has 0 fully saturated rings. The summed E-state index contributed by atoms with van der Waals surface area (Å²) in [6, 6.07) is 0. The van der Waals surface area contributed by atoms with Crippen LogP contribution >= 0.6 is 7.82 Å².